The quantitative estimate of drug-likeness (QED) is 0.834. The molecule has 1 aliphatic heterocycles. The van der Waals surface area contributed by atoms with E-state index in [1.807, 2.05) is 36.2 Å². The molecule has 0 unspecified atom stereocenters. The summed E-state index contributed by atoms with van der Waals surface area (Å²) in [4.78, 5) is 28.6. The Balaban J connectivity index is 1.37. The van der Waals surface area contributed by atoms with Crippen molar-refractivity contribution in [2.24, 2.45) is 23.7 Å². The molecule has 5 aliphatic rings. The molecule has 4 saturated carbocycles. The van der Waals surface area contributed by atoms with Gasteiger partial charge in [0.1, 0.15) is 6.61 Å². The molecule has 1 saturated heterocycles. The van der Waals surface area contributed by atoms with Gasteiger partial charge < -0.3 is 9.64 Å². The Bertz CT molecular complexity index is 719. The fourth-order valence-corrected chi connectivity index (χ4v) is 6.30. The second kappa shape index (κ2) is 6.00. The summed E-state index contributed by atoms with van der Waals surface area (Å²) in [5, 5.41) is 0. The van der Waals surface area contributed by atoms with E-state index >= 15 is 0 Å². The molecular formula is C21H26N2O3. The summed E-state index contributed by atoms with van der Waals surface area (Å²) >= 11 is 0. The Morgan fingerprint density at radius 1 is 1.12 bits per heavy atom. The van der Waals surface area contributed by atoms with Crippen molar-refractivity contribution >= 4 is 17.7 Å². The van der Waals surface area contributed by atoms with E-state index in [9.17, 15) is 9.59 Å². The molecule has 1 heterocycles. The zero-order valence-electron chi connectivity index (χ0n) is 15.3. The zero-order chi connectivity index (χ0) is 17.8. The van der Waals surface area contributed by atoms with Gasteiger partial charge in [0.25, 0.3) is 5.91 Å². The summed E-state index contributed by atoms with van der Waals surface area (Å²) in [5.74, 6) is 3.24. The van der Waals surface area contributed by atoms with Crippen molar-refractivity contribution in [3.8, 4) is 0 Å². The van der Waals surface area contributed by atoms with Crippen LogP contribution in [0.5, 0.6) is 0 Å². The molecule has 4 bridgehead atoms. The molecule has 26 heavy (non-hydrogen) atoms. The number of hydrogen-bond acceptors (Lipinski definition) is 3. The predicted octanol–water partition coefficient (Wildman–Crippen LogP) is 3.54. The molecule has 0 aromatic heterocycles. The molecule has 5 fully saturated rings. The number of amides is 2. The fourth-order valence-electron chi connectivity index (χ4n) is 6.30. The zero-order valence-corrected chi connectivity index (χ0v) is 15.3. The topological polar surface area (TPSA) is 49.9 Å². The van der Waals surface area contributed by atoms with Crippen LogP contribution in [0.15, 0.2) is 24.3 Å². The van der Waals surface area contributed by atoms with Gasteiger partial charge in [-0.15, -0.1) is 0 Å². The van der Waals surface area contributed by atoms with Crippen molar-refractivity contribution in [1.82, 2.24) is 4.90 Å². The molecule has 138 valence electrons. The number of carbonyl (C=O) groups excluding carboxylic acids is 2. The standard InChI is InChI=1S/C21H26N2O3/c1-22(19-16-8-13-7-14(10-16)11-17(19)9-13)20(24)15-3-2-4-18(12-15)23-5-6-26-21(23)25/h2-4,12-14,16-17,19H,5-11H2,1H3. The maximum Gasteiger partial charge on any atom is 0.414 e. The highest BCUT2D eigenvalue weighted by atomic mass is 16.6. The number of benzene rings is 1. The molecule has 4 aliphatic carbocycles. The first kappa shape index (κ1) is 16.2. The van der Waals surface area contributed by atoms with E-state index in [0.29, 0.717) is 36.6 Å². The number of anilines is 1. The highest BCUT2D eigenvalue weighted by Crippen LogP contribution is 2.55. The van der Waals surface area contributed by atoms with Gasteiger partial charge in [0.15, 0.2) is 0 Å². The monoisotopic (exact) mass is 354 g/mol. The largest absolute Gasteiger partial charge is 0.447 e. The van der Waals surface area contributed by atoms with Crippen LogP contribution in [0.25, 0.3) is 0 Å². The normalized spacial score (nSPS) is 34.9. The molecule has 6 rings (SSSR count). The van der Waals surface area contributed by atoms with E-state index in [1.165, 1.54) is 32.1 Å². The van der Waals surface area contributed by atoms with E-state index < -0.39 is 0 Å². The number of rotatable bonds is 3. The van der Waals surface area contributed by atoms with E-state index in [1.54, 1.807) is 4.90 Å². The summed E-state index contributed by atoms with van der Waals surface area (Å²) in [5.41, 5.74) is 1.41. The second-order valence-corrected chi connectivity index (χ2v) is 8.65. The minimum absolute atomic E-state index is 0.0805. The molecule has 2 amide bonds. The lowest BCUT2D eigenvalue weighted by atomic mass is 9.54. The second-order valence-electron chi connectivity index (χ2n) is 8.65. The fraction of sp³-hybridized carbons (Fsp3) is 0.619. The van der Waals surface area contributed by atoms with E-state index in [4.69, 9.17) is 4.74 Å². The minimum atomic E-state index is -0.330. The van der Waals surface area contributed by atoms with Crippen LogP contribution >= 0.6 is 0 Å². The Hall–Kier alpha value is -2.04. The van der Waals surface area contributed by atoms with Crippen LogP contribution in [-0.4, -0.2) is 43.1 Å². The van der Waals surface area contributed by atoms with Crippen molar-refractivity contribution in [1.29, 1.82) is 0 Å². The van der Waals surface area contributed by atoms with Crippen LogP contribution in [0.2, 0.25) is 0 Å². The number of nitrogens with zero attached hydrogens (tertiary/aromatic N) is 2. The Morgan fingerprint density at radius 3 is 2.42 bits per heavy atom. The minimum Gasteiger partial charge on any atom is -0.447 e. The number of cyclic esters (lactones) is 1. The summed E-state index contributed by atoms with van der Waals surface area (Å²) < 4.78 is 5.02. The van der Waals surface area contributed by atoms with Gasteiger partial charge in [-0.25, -0.2) is 4.79 Å². The van der Waals surface area contributed by atoms with Gasteiger partial charge in [-0.1, -0.05) is 6.07 Å². The smallest absolute Gasteiger partial charge is 0.414 e. The van der Waals surface area contributed by atoms with Crippen LogP contribution in [0.4, 0.5) is 10.5 Å². The third-order valence-electron chi connectivity index (χ3n) is 7.11. The van der Waals surface area contributed by atoms with Gasteiger partial charge in [-0.3, -0.25) is 9.69 Å². The number of ether oxygens (including phenoxy) is 1. The third-order valence-corrected chi connectivity index (χ3v) is 7.11. The first-order chi connectivity index (χ1) is 12.6. The molecule has 1 aromatic rings. The van der Waals surface area contributed by atoms with Crippen LogP contribution < -0.4 is 4.90 Å². The Kier molecular flexibility index (Phi) is 3.73. The summed E-state index contributed by atoms with van der Waals surface area (Å²) in [7, 11) is 1.98. The van der Waals surface area contributed by atoms with Crippen molar-refractivity contribution in [2.45, 2.75) is 38.1 Å². The van der Waals surface area contributed by atoms with Crippen LogP contribution in [-0.2, 0) is 4.74 Å². The molecule has 0 radical (unpaired) electrons. The highest BCUT2D eigenvalue weighted by molar-refractivity contribution is 5.97. The average Bonchev–Trinajstić information content (AvgIpc) is 3.06. The average molecular weight is 354 g/mol. The van der Waals surface area contributed by atoms with Gasteiger partial charge in [0, 0.05) is 24.3 Å². The maximum absolute atomic E-state index is 13.2. The lowest BCUT2D eigenvalue weighted by Crippen LogP contribution is -2.56. The Morgan fingerprint density at radius 2 is 1.81 bits per heavy atom. The lowest BCUT2D eigenvalue weighted by molar-refractivity contribution is -0.0491. The first-order valence-corrected chi connectivity index (χ1v) is 9.91. The van der Waals surface area contributed by atoms with Crippen LogP contribution in [0.3, 0.4) is 0 Å². The molecule has 5 nitrogen and oxygen atoms in total. The van der Waals surface area contributed by atoms with E-state index in [0.717, 1.165) is 17.5 Å². The predicted molar refractivity (Wildman–Crippen MR) is 98.1 cm³/mol. The van der Waals surface area contributed by atoms with Gasteiger partial charge in [-0.05, 0) is 74.0 Å². The van der Waals surface area contributed by atoms with Gasteiger partial charge in [0.2, 0.25) is 0 Å². The van der Waals surface area contributed by atoms with Gasteiger partial charge in [0.05, 0.1) is 6.54 Å². The highest BCUT2D eigenvalue weighted by Gasteiger charge is 2.50. The first-order valence-electron chi connectivity index (χ1n) is 9.91. The van der Waals surface area contributed by atoms with Crippen LogP contribution in [0.1, 0.15) is 42.5 Å². The van der Waals surface area contributed by atoms with Crippen molar-refractivity contribution < 1.29 is 14.3 Å². The number of hydrogen-bond donors (Lipinski definition) is 0. The van der Waals surface area contributed by atoms with Gasteiger partial charge in [-0.2, -0.15) is 0 Å². The molecular weight excluding hydrogens is 328 g/mol. The third kappa shape index (κ3) is 2.51. The summed E-state index contributed by atoms with van der Waals surface area (Å²) in [6, 6.07) is 7.81. The molecule has 1 aromatic carbocycles. The summed E-state index contributed by atoms with van der Waals surface area (Å²) in [6.45, 7) is 0.951. The Labute approximate surface area is 154 Å². The molecule has 5 heteroatoms. The molecule has 0 N–H and O–H groups in total. The van der Waals surface area contributed by atoms with Crippen molar-refractivity contribution in [3.05, 3.63) is 29.8 Å². The molecule has 0 spiro atoms. The van der Waals surface area contributed by atoms with E-state index in [-0.39, 0.29) is 12.0 Å². The van der Waals surface area contributed by atoms with E-state index in [2.05, 4.69) is 0 Å². The van der Waals surface area contributed by atoms with Crippen molar-refractivity contribution in [2.75, 3.05) is 25.1 Å². The lowest BCUT2D eigenvalue weighted by Gasteiger charge is -2.56. The van der Waals surface area contributed by atoms with Crippen molar-refractivity contribution in [3.63, 3.8) is 0 Å². The van der Waals surface area contributed by atoms with Crippen LogP contribution in [0, 0.1) is 23.7 Å². The molecule has 0 atom stereocenters. The maximum atomic E-state index is 13.2. The summed E-state index contributed by atoms with van der Waals surface area (Å²) in [6.07, 6.45) is 6.29. The number of carbonyl (C=O) groups is 2. The SMILES string of the molecule is CN(C(=O)c1cccc(N2CCOC2=O)c1)C1C2CC3CC(C2)CC1C3. The van der Waals surface area contributed by atoms with Gasteiger partial charge >= 0.3 is 6.09 Å².